The Balaban J connectivity index is 1.21. The van der Waals surface area contributed by atoms with Crippen LogP contribution in [0.1, 0.15) is 84.6 Å². The zero-order valence-electron chi connectivity index (χ0n) is 40.1. The summed E-state index contributed by atoms with van der Waals surface area (Å²) < 4.78 is 25.8. The summed E-state index contributed by atoms with van der Waals surface area (Å²) in [6.45, 7) is 24.6. The molecular formula is C59H59BN2O4. The summed E-state index contributed by atoms with van der Waals surface area (Å²) in [5, 5.41) is 0. The number of hydrogen-bond acceptors (Lipinski definition) is 6. The van der Waals surface area contributed by atoms with Crippen LogP contribution in [0.3, 0.4) is 0 Å². The summed E-state index contributed by atoms with van der Waals surface area (Å²) in [7, 11) is 0. The number of ether oxygens (including phenoxy) is 4. The lowest BCUT2D eigenvalue weighted by Gasteiger charge is -2.45. The van der Waals surface area contributed by atoms with E-state index >= 15 is 0 Å². The highest BCUT2D eigenvalue weighted by Crippen LogP contribution is 2.54. The summed E-state index contributed by atoms with van der Waals surface area (Å²) in [4.78, 5) is 4.90. The molecule has 7 aromatic rings. The van der Waals surface area contributed by atoms with Crippen molar-refractivity contribution in [3.05, 3.63) is 150 Å². The van der Waals surface area contributed by atoms with E-state index in [0.717, 1.165) is 68.1 Å². The van der Waals surface area contributed by atoms with Crippen LogP contribution in [0.2, 0.25) is 0 Å². The normalized spacial score (nSPS) is 15.0. The van der Waals surface area contributed by atoms with Crippen LogP contribution in [0.5, 0.6) is 23.0 Å². The van der Waals surface area contributed by atoms with Crippen LogP contribution in [0, 0.1) is 6.92 Å². The van der Waals surface area contributed by atoms with Crippen LogP contribution in [0.4, 0.5) is 34.1 Å². The molecule has 7 heteroatoms. The van der Waals surface area contributed by atoms with Gasteiger partial charge in [0.15, 0.2) is 23.0 Å². The van der Waals surface area contributed by atoms with Crippen molar-refractivity contribution in [1.29, 1.82) is 0 Å². The molecule has 0 spiro atoms. The number of hydrogen-bond donors (Lipinski definition) is 0. The molecule has 7 aromatic carbocycles. The standard InChI is InChI=1S/C59H59BN2O4/c1-36-30-49-53-50(31-36)62(48-12-11-13-51-55(48)65-28-26-63-51)54-45(23-25-52-56(54)66-29-27-64-52)60(53)46-35-43(59(8,9)10)22-24-47(46)61(49)44-33-39(37-14-18-41(19-15-37)57(2,3)4)32-40(34-44)38-16-20-42(21-17-38)58(5,6)7/h11-25,30-35H,26-29H2,1-10H3. The van der Waals surface area contributed by atoms with Crippen molar-refractivity contribution in [2.75, 3.05) is 36.2 Å². The molecule has 4 aliphatic rings. The molecule has 0 aromatic heterocycles. The Hall–Kier alpha value is -6.60. The Morgan fingerprint density at radius 2 is 0.955 bits per heavy atom. The zero-order valence-corrected chi connectivity index (χ0v) is 40.1. The third-order valence-electron chi connectivity index (χ3n) is 13.9. The van der Waals surface area contributed by atoms with Gasteiger partial charge in [0.25, 0.3) is 6.71 Å². The summed E-state index contributed by atoms with van der Waals surface area (Å²) in [5.74, 6) is 2.97. The van der Waals surface area contributed by atoms with Gasteiger partial charge >= 0.3 is 0 Å². The van der Waals surface area contributed by atoms with Crippen molar-refractivity contribution >= 4 is 57.2 Å². The van der Waals surface area contributed by atoms with Gasteiger partial charge in [-0.3, -0.25) is 0 Å². The number of rotatable bonds is 4. The minimum Gasteiger partial charge on any atom is -0.486 e. The van der Waals surface area contributed by atoms with Gasteiger partial charge < -0.3 is 28.7 Å². The van der Waals surface area contributed by atoms with Crippen molar-refractivity contribution < 1.29 is 18.9 Å². The minimum absolute atomic E-state index is 0.0493. The quantitative estimate of drug-likeness (QED) is 0.164. The van der Waals surface area contributed by atoms with Gasteiger partial charge in [0.1, 0.15) is 26.4 Å². The number of para-hydroxylation sites is 1. The number of nitrogens with zero attached hydrogens (tertiary/aromatic N) is 2. The molecule has 0 atom stereocenters. The molecule has 4 aliphatic heterocycles. The lowest BCUT2D eigenvalue weighted by Crippen LogP contribution is -2.61. The molecule has 6 nitrogen and oxygen atoms in total. The van der Waals surface area contributed by atoms with Crippen LogP contribution < -0.4 is 45.1 Å². The molecule has 0 fully saturated rings. The molecule has 11 rings (SSSR count). The van der Waals surface area contributed by atoms with E-state index in [4.69, 9.17) is 18.9 Å². The molecule has 0 unspecified atom stereocenters. The number of benzene rings is 7. The summed E-state index contributed by atoms with van der Waals surface area (Å²) >= 11 is 0. The van der Waals surface area contributed by atoms with Crippen molar-refractivity contribution in [3.8, 4) is 45.3 Å². The van der Waals surface area contributed by atoms with Crippen molar-refractivity contribution in [3.63, 3.8) is 0 Å². The molecule has 0 aliphatic carbocycles. The maximum atomic E-state index is 6.67. The molecular weight excluding hydrogens is 811 g/mol. The maximum Gasteiger partial charge on any atom is 0.252 e. The lowest BCUT2D eigenvalue weighted by molar-refractivity contribution is 0.171. The van der Waals surface area contributed by atoms with Crippen molar-refractivity contribution in [2.45, 2.75) is 85.5 Å². The van der Waals surface area contributed by atoms with Gasteiger partial charge in [-0.05, 0) is 139 Å². The molecule has 0 radical (unpaired) electrons. The highest BCUT2D eigenvalue weighted by Gasteiger charge is 2.46. The Bertz CT molecular complexity index is 2990. The van der Waals surface area contributed by atoms with Gasteiger partial charge in [0.05, 0.1) is 11.4 Å². The number of fused-ring (bicyclic) bond motifs is 7. The zero-order chi connectivity index (χ0) is 45.9. The third kappa shape index (κ3) is 7.01. The third-order valence-corrected chi connectivity index (χ3v) is 13.9. The first-order chi connectivity index (χ1) is 31.5. The van der Waals surface area contributed by atoms with E-state index in [1.54, 1.807) is 0 Å². The predicted molar refractivity (Wildman–Crippen MR) is 274 cm³/mol. The van der Waals surface area contributed by atoms with Gasteiger partial charge in [0, 0.05) is 22.7 Å². The molecule has 0 amide bonds. The van der Waals surface area contributed by atoms with E-state index in [1.165, 1.54) is 49.9 Å². The average molecular weight is 871 g/mol. The summed E-state index contributed by atoms with van der Waals surface area (Å²) in [5.41, 5.74) is 19.8. The molecule has 0 saturated heterocycles. The highest BCUT2D eigenvalue weighted by molar-refractivity contribution is 7.00. The molecule has 66 heavy (non-hydrogen) atoms. The lowest BCUT2D eigenvalue weighted by atomic mass is 9.33. The molecule has 0 N–H and O–H groups in total. The second kappa shape index (κ2) is 15.2. The average Bonchev–Trinajstić information content (AvgIpc) is 3.30. The molecule has 0 bridgehead atoms. The Morgan fingerprint density at radius 3 is 1.55 bits per heavy atom. The van der Waals surface area contributed by atoms with Gasteiger partial charge in [-0.2, -0.15) is 0 Å². The monoisotopic (exact) mass is 870 g/mol. The topological polar surface area (TPSA) is 43.4 Å². The fourth-order valence-electron chi connectivity index (χ4n) is 10.4. The molecule has 0 saturated carbocycles. The fourth-order valence-corrected chi connectivity index (χ4v) is 10.4. The Labute approximate surface area is 391 Å². The van der Waals surface area contributed by atoms with E-state index in [2.05, 4.69) is 200 Å². The summed E-state index contributed by atoms with van der Waals surface area (Å²) in [6.07, 6.45) is 0. The van der Waals surface area contributed by atoms with Crippen molar-refractivity contribution in [2.24, 2.45) is 0 Å². The minimum atomic E-state index is -0.111. The van der Waals surface area contributed by atoms with E-state index in [-0.39, 0.29) is 23.0 Å². The van der Waals surface area contributed by atoms with Gasteiger partial charge in [0.2, 0.25) is 0 Å². The van der Waals surface area contributed by atoms with Crippen LogP contribution in [0.25, 0.3) is 22.3 Å². The Morgan fingerprint density at radius 1 is 0.424 bits per heavy atom. The van der Waals surface area contributed by atoms with Crippen molar-refractivity contribution in [1.82, 2.24) is 0 Å². The molecule has 4 heterocycles. The first-order valence-corrected chi connectivity index (χ1v) is 23.6. The second-order valence-electron chi connectivity index (χ2n) is 21.6. The van der Waals surface area contributed by atoms with Crippen LogP contribution in [0.15, 0.2) is 127 Å². The number of anilines is 6. The van der Waals surface area contributed by atoms with Crippen LogP contribution in [-0.2, 0) is 16.2 Å². The van der Waals surface area contributed by atoms with E-state index in [1.807, 2.05) is 6.07 Å². The molecule has 332 valence electrons. The Kier molecular flexibility index (Phi) is 9.71. The summed E-state index contributed by atoms with van der Waals surface area (Å²) in [6, 6.07) is 48.0. The smallest absolute Gasteiger partial charge is 0.252 e. The second-order valence-corrected chi connectivity index (χ2v) is 21.6. The van der Waals surface area contributed by atoms with E-state index < -0.39 is 0 Å². The first kappa shape index (κ1) is 42.1. The van der Waals surface area contributed by atoms with Gasteiger partial charge in [-0.1, -0.05) is 135 Å². The SMILES string of the molecule is Cc1cc2c3c(c1)N(c1cccc4c1OCCO4)c1c(ccc4c1OCCO4)B3c1cc(C(C)(C)C)ccc1N2c1cc(-c2ccc(C(C)(C)C)cc2)cc(-c2ccc(C(C)(C)C)cc2)c1. The predicted octanol–water partition coefficient (Wildman–Crippen LogP) is 12.8. The van der Waals surface area contributed by atoms with Gasteiger partial charge in [-0.15, -0.1) is 0 Å². The fraction of sp³-hybridized carbons (Fsp3) is 0.288. The highest BCUT2D eigenvalue weighted by atomic mass is 16.6. The van der Waals surface area contributed by atoms with Crippen LogP contribution in [-0.4, -0.2) is 33.1 Å². The van der Waals surface area contributed by atoms with E-state index in [0.29, 0.717) is 26.4 Å². The van der Waals surface area contributed by atoms with Crippen LogP contribution >= 0.6 is 0 Å². The van der Waals surface area contributed by atoms with E-state index in [9.17, 15) is 0 Å². The largest absolute Gasteiger partial charge is 0.486 e. The maximum absolute atomic E-state index is 6.67. The first-order valence-electron chi connectivity index (χ1n) is 23.6. The number of aryl methyl sites for hydroxylation is 1. The van der Waals surface area contributed by atoms with Gasteiger partial charge in [-0.25, -0.2) is 0 Å².